The number of amides is 1. The second-order valence-electron chi connectivity index (χ2n) is 5.42. The molecular weight excluding hydrogens is 402 g/mol. The standard InChI is InChI=1S/C19H20BrNO3S/c1-3-24-19(23)15-7-4-13(2)17(10-15)21-18(22)12-25-11-14-5-8-16(20)9-6-14/h4-10H,3,11-12H2,1-2H3,(H,21,22). The zero-order chi connectivity index (χ0) is 18.2. The quantitative estimate of drug-likeness (QED) is 0.651. The molecule has 0 atom stereocenters. The van der Waals surface area contributed by atoms with E-state index >= 15 is 0 Å². The number of halogens is 1. The van der Waals surface area contributed by atoms with Crippen LogP contribution >= 0.6 is 27.7 Å². The number of rotatable bonds is 7. The van der Waals surface area contributed by atoms with E-state index in [0.29, 0.717) is 23.6 Å². The van der Waals surface area contributed by atoms with Crippen LogP contribution in [0.25, 0.3) is 0 Å². The number of carbonyl (C=O) groups excluding carboxylic acids is 2. The molecule has 4 nitrogen and oxygen atoms in total. The van der Waals surface area contributed by atoms with Crippen molar-refractivity contribution in [2.24, 2.45) is 0 Å². The number of anilines is 1. The number of aryl methyl sites for hydroxylation is 1. The molecule has 0 aliphatic rings. The van der Waals surface area contributed by atoms with Crippen LogP contribution in [0.15, 0.2) is 46.9 Å². The first kappa shape index (κ1) is 19.5. The molecule has 2 aromatic rings. The highest BCUT2D eigenvalue weighted by Gasteiger charge is 2.11. The largest absolute Gasteiger partial charge is 0.462 e. The summed E-state index contributed by atoms with van der Waals surface area (Å²) in [7, 11) is 0. The zero-order valence-corrected chi connectivity index (χ0v) is 16.6. The van der Waals surface area contributed by atoms with Crippen LogP contribution in [0.1, 0.15) is 28.4 Å². The minimum Gasteiger partial charge on any atom is -0.462 e. The number of ether oxygens (including phenoxy) is 1. The highest BCUT2D eigenvalue weighted by molar-refractivity contribution is 9.10. The third-order valence-electron chi connectivity index (χ3n) is 3.44. The Kier molecular flexibility index (Phi) is 7.52. The van der Waals surface area contributed by atoms with Gasteiger partial charge in [0.05, 0.1) is 17.9 Å². The molecule has 2 aromatic carbocycles. The highest BCUT2D eigenvalue weighted by Crippen LogP contribution is 2.19. The Morgan fingerprint density at radius 3 is 2.56 bits per heavy atom. The molecule has 1 N–H and O–H groups in total. The van der Waals surface area contributed by atoms with E-state index in [9.17, 15) is 9.59 Å². The van der Waals surface area contributed by atoms with E-state index in [0.717, 1.165) is 15.8 Å². The molecule has 0 unspecified atom stereocenters. The Morgan fingerprint density at radius 1 is 1.16 bits per heavy atom. The van der Waals surface area contributed by atoms with Gasteiger partial charge in [0.15, 0.2) is 0 Å². The highest BCUT2D eigenvalue weighted by atomic mass is 79.9. The first-order valence-corrected chi connectivity index (χ1v) is 9.84. The Labute approximate surface area is 160 Å². The van der Waals surface area contributed by atoms with Crippen molar-refractivity contribution in [1.29, 1.82) is 0 Å². The summed E-state index contributed by atoms with van der Waals surface area (Å²) in [4.78, 5) is 24.0. The van der Waals surface area contributed by atoms with Gasteiger partial charge in [-0.25, -0.2) is 4.79 Å². The van der Waals surface area contributed by atoms with Crippen molar-refractivity contribution in [3.05, 3.63) is 63.6 Å². The number of benzene rings is 2. The van der Waals surface area contributed by atoms with E-state index in [-0.39, 0.29) is 11.9 Å². The molecule has 0 fully saturated rings. The van der Waals surface area contributed by atoms with Gasteiger partial charge in [0, 0.05) is 15.9 Å². The van der Waals surface area contributed by atoms with E-state index in [2.05, 4.69) is 21.2 Å². The molecule has 0 aliphatic carbocycles. The van der Waals surface area contributed by atoms with Crippen LogP contribution < -0.4 is 5.32 Å². The molecule has 132 valence electrons. The third kappa shape index (κ3) is 6.21. The minimum absolute atomic E-state index is 0.0915. The molecule has 0 aliphatic heterocycles. The van der Waals surface area contributed by atoms with Crippen LogP contribution in [0, 0.1) is 6.92 Å². The van der Waals surface area contributed by atoms with Crippen molar-refractivity contribution in [3.8, 4) is 0 Å². The van der Waals surface area contributed by atoms with Crippen molar-refractivity contribution in [2.45, 2.75) is 19.6 Å². The molecule has 0 aromatic heterocycles. The summed E-state index contributed by atoms with van der Waals surface area (Å²) in [5.74, 6) is 0.635. The maximum absolute atomic E-state index is 12.2. The average Bonchev–Trinajstić information content (AvgIpc) is 2.59. The second kappa shape index (κ2) is 9.63. The van der Waals surface area contributed by atoms with Gasteiger partial charge < -0.3 is 10.1 Å². The van der Waals surface area contributed by atoms with E-state index in [4.69, 9.17) is 4.74 Å². The van der Waals surface area contributed by atoms with Crippen molar-refractivity contribution < 1.29 is 14.3 Å². The summed E-state index contributed by atoms with van der Waals surface area (Å²) in [5.41, 5.74) is 3.14. The predicted octanol–water partition coefficient (Wildman–Crippen LogP) is 4.81. The van der Waals surface area contributed by atoms with Crippen LogP contribution in [0.2, 0.25) is 0 Å². The smallest absolute Gasteiger partial charge is 0.338 e. The van der Waals surface area contributed by atoms with Crippen molar-refractivity contribution in [2.75, 3.05) is 17.7 Å². The van der Waals surface area contributed by atoms with E-state index in [1.807, 2.05) is 31.2 Å². The lowest BCUT2D eigenvalue weighted by Crippen LogP contribution is -2.16. The summed E-state index contributed by atoms with van der Waals surface area (Å²) in [6.07, 6.45) is 0. The first-order valence-electron chi connectivity index (χ1n) is 7.89. The van der Waals surface area contributed by atoms with Gasteiger partial charge >= 0.3 is 5.97 Å². The second-order valence-corrected chi connectivity index (χ2v) is 7.32. The molecule has 25 heavy (non-hydrogen) atoms. The lowest BCUT2D eigenvalue weighted by Gasteiger charge is -2.10. The number of hydrogen-bond acceptors (Lipinski definition) is 4. The zero-order valence-electron chi connectivity index (χ0n) is 14.2. The van der Waals surface area contributed by atoms with Crippen LogP contribution in [-0.4, -0.2) is 24.2 Å². The Balaban J connectivity index is 1.90. The molecule has 2 rings (SSSR count). The van der Waals surface area contributed by atoms with Gasteiger partial charge in [-0.3, -0.25) is 4.79 Å². The Bertz CT molecular complexity index is 747. The Hall–Kier alpha value is -1.79. The van der Waals surface area contributed by atoms with Crippen molar-refractivity contribution >= 4 is 45.3 Å². The predicted molar refractivity (Wildman–Crippen MR) is 106 cm³/mol. The van der Waals surface area contributed by atoms with Crippen LogP contribution in [0.3, 0.4) is 0 Å². The van der Waals surface area contributed by atoms with Crippen LogP contribution in [0.4, 0.5) is 5.69 Å². The number of nitrogens with one attached hydrogen (secondary N) is 1. The fraction of sp³-hybridized carbons (Fsp3) is 0.263. The number of thioether (sulfide) groups is 1. The summed E-state index contributed by atoms with van der Waals surface area (Å²) in [6.45, 7) is 3.97. The SMILES string of the molecule is CCOC(=O)c1ccc(C)c(NC(=O)CSCc2ccc(Br)cc2)c1. The summed E-state index contributed by atoms with van der Waals surface area (Å²) in [5, 5.41) is 2.87. The topological polar surface area (TPSA) is 55.4 Å². The monoisotopic (exact) mass is 421 g/mol. The maximum atomic E-state index is 12.2. The number of hydrogen-bond donors (Lipinski definition) is 1. The third-order valence-corrected chi connectivity index (χ3v) is 4.97. The first-order chi connectivity index (χ1) is 12.0. The van der Waals surface area contributed by atoms with Crippen LogP contribution in [-0.2, 0) is 15.3 Å². The van der Waals surface area contributed by atoms with Gasteiger partial charge in [-0.1, -0.05) is 34.1 Å². The molecule has 0 bridgehead atoms. The average molecular weight is 422 g/mol. The van der Waals surface area contributed by atoms with Crippen molar-refractivity contribution in [3.63, 3.8) is 0 Å². The number of carbonyl (C=O) groups is 2. The molecule has 0 spiro atoms. The maximum Gasteiger partial charge on any atom is 0.338 e. The summed E-state index contributed by atoms with van der Waals surface area (Å²) < 4.78 is 6.03. The lowest BCUT2D eigenvalue weighted by molar-refractivity contribution is -0.113. The molecule has 0 saturated carbocycles. The van der Waals surface area contributed by atoms with Gasteiger partial charge in [-0.15, -0.1) is 11.8 Å². The van der Waals surface area contributed by atoms with Crippen molar-refractivity contribution in [1.82, 2.24) is 0 Å². The van der Waals surface area contributed by atoms with Crippen LogP contribution in [0.5, 0.6) is 0 Å². The van der Waals surface area contributed by atoms with Gasteiger partial charge in [-0.05, 0) is 49.2 Å². The normalized spacial score (nSPS) is 10.4. The van der Waals surface area contributed by atoms with E-state index in [1.54, 1.807) is 36.9 Å². The van der Waals surface area contributed by atoms with E-state index in [1.165, 1.54) is 5.56 Å². The van der Waals surface area contributed by atoms with Gasteiger partial charge in [0.25, 0.3) is 0 Å². The minimum atomic E-state index is -0.386. The van der Waals surface area contributed by atoms with E-state index < -0.39 is 0 Å². The number of esters is 1. The molecule has 0 saturated heterocycles. The molecule has 6 heteroatoms. The van der Waals surface area contributed by atoms with Gasteiger partial charge in [0.2, 0.25) is 5.91 Å². The molecular formula is C19H20BrNO3S. The molecule has 0 radical (unpaired) electrons. The lowest BCUT2D eigenvalue weighted by atomic mass is 10.1. The van der Waals surface area contributed by atoms with Gasteiger partial charge in [-0.2, -0.15) is 0 Å². The molecule has 1 amide bonds. The Morgan fingerprint density at radius 2 is 1.88 bits per heavy atom. The van der Waals surface area contributed by atoms with Gasteiger partial charge in [0.1, 0.15) is 0 Å². The fourth-order valence-electron chi connectivity index (χ4n) is 2.13. The fourth-order valence-corrected chi connectivity index (χ4v) is 3.18. The molecule has 0 heterocycles. The summed E-state index contributed by atoms with van der Waals surface area (Å²) >= 11 is 4.95. The summed E-state index contributed by atoms with van der Waals surface area (Å²) in [6, 6.07) is 13.2.